The summed E-state index contributed by atoms with van der Waals surface area (Å²) in [6.07, 6.45) is 0. The summed E-state index contributed by atoms with van der Waals surface area (Å²) in [7, 11) is 0. The van der Waals surface area contributed by atoms with Crippen molar-refractivity contribution in [3.05, 3.63) is 56.0 Å². The summed E-state index contributed by atoms with van der Waals surface area (Å²) >= 11 is 9.20. The van der Waals surface area contributed by atoms with Gasteiger partial charge in [0, 0.05) is 10.2 Å². The molecule has 0 radical (unpaired) electrons. The van der Waals surface area contributed by atoms with Crippen LogP contribution in [0.25, 0.3) is 0 Å². The summed E-state index contributed by atoms with van der Waals surface area (Å²) in [5, 5.41) is 14.7. The number of nitrogens with one attached hydrogen (secondary N) is 2. The first-order valence-corrected chi connectivity index (χ1v) is 6.66. The van der Waals surface area contributed by atoms with Gasteiger partial charge in [0.25, 0.3) is 0 Å². The largest absolute Gasteiger partial charge is 0.350 e. The molecule has 2 aromatic carbocycles. The number of hydrogen-bond donors (Lipinski definition) is 3. The molecule has 0 heterocycles. The smallest absolute Gasteiger partial charge is 0.316 e. The summed E-state index contributed by atoms with van der Waals surface area (Å²) in [4.78, 5) is 10.7. The van der Waals surface area contributed by atoms with Crippen LogP contribution in [0.1, 0.15) is 0 Å². The molecule has 0 amide bonds. The minimum Gasteiger partial charge on any atom is -0.350 e. The second-order valence-corrected chi connectivity index (χ2v) is 5.12. The van der Waals surface area contributed by atoms with Gasteiger partial charge in [0.15, 0.2) is 0 Å². The van der Waals surface area contributed by atoms with Crippen molar-refractivity contribution in [3.8, 4) is 0 Å². The van der Waals surface area contributed by atoms with Crippen LogP contribution in [0, 0.1) is 10.1 Å². The van der Waals surface area contributed by atoms with Gasteiger partial charge in [-0.05, 0) is 46.3 Å². The number of nitrogen functional groups attached to an aromatic ring is 1. The molecule has 0 unspecified atom stereocenters. The third kappa shape index (κ3) is 3.01. The standard InChI is InChI=1S/C12H10BrClN4O2/c13-8-6-7(4-5-9(8)14)16-10-2-1-3-11(17-15)12(10)18(19)20/h1-6,16-17H,15H2. The van der Waals surface area contributed by atoms with Gasteiger partial charge in [-0.15, -0.1) is 0 Å². The second kappa shape index (κ2) is 6.08. The summed E-state index contributed by atoms with van der Waals surface area (Å²) in [6, 6.07) is 9.93. The lowest BCUT2D eigenvalue weighted by atomic mass is 10.2. The van der Waals surface area contributed by atoms with Gasteiger partial charge >= 0.3 is 5.69 Å². The summed E-state index contributed by atoms with van der Waals surface area (Å²) in [5.74, 6) is 5.29. The average molecular weight is 358 g/mol. The normalized spacial score (nSPS) is 10.2. The van der Waals surface area contributed by atoms with E-state index in [-0.39, 0.29) is 11.4 Å². The van der Waals surface area contributed by atoms with E-state index in [1.807, 2.05) is 0 Å². The first kappa shape index (κ1) is 14.6. The molecule has 0 aliphatic rings. The van der Waals surface area contributed by atoms with Crippen LogP contribution in [0.5, 0.6) is 0 Å². The third-order valence-electron chi connectivity index (χ3n) is 2.57. The number of benzene rings is 2. The fourth-order valence-electron chi connectivity index (χ4n) is 1.69. The van der Waals surface area contributed by atoms with Gasteiger partial charge in [0.05, 0.1) is 9.95 Å². The van der Waals surface area contributed by atoms with Gasteiger partial charge in [0.1, 0.15) is 11.4 Å². The molecular weight excluding hydrogens is 348 g/mol. The number of nitrogens with zero attached hydrogens (tertiary/aromatic N) is 1. The molecule has 0 aliphatic carbocycles. The molecular formula is C12H10BrClN4O2. The Hall–Kier alpha value is -1.83. The van der Waals surface area contributed by atoms with Crippen molar-refractivity contribution in [2.75, 3.05) is 10.7 Å². The number of anilines is 3. The van der Waals surface area contributed by atoms with E-state index in [4.69, 9.17) is 17.4 Å². The lowest BCUT2D eigenvalue weighted by molar-refractivity contribution is -0.383. The van der Waals surface area contributed by atoms with Crippen LogP contribution in [-0.4, -0.2) is 4.92 Å². The number of hydrogen-bond acceptors (Lipinski definition) is 5. The van der Waals surface area contributed by atoms with Crippen LogP contribution in [0.15, 0.2) is 40.9 Å². The Bertz CT molecular complexity index is 666. The van der Waals surface area contributed by atoms with Gasteiger partial charge in [-0.25, -0.2) is 0 Å². The predicted octanol–water partition coefficient (Wildman–Crippen LogP) is 4.04. The molecule has 0 fully saturated rings. The first-order valence-electron chi connectivity index (χ1n) is 5.49. The van der Waals surface area contributed by atoms with Gasteiger partial charge in [-0.2, -0.15) is 0 Å². The molecule has 104 valence electrons. The molecule has 2 rings (SSSR count). The lowest BCUT2D eigenvalue weighted by Crippen LogP contribution is -2.10. The number of para-hydroxylation sites is 1. The molecule has 4 N–H and O–H groups in total. The number of hydrazine groups is 1. The first-order chi connectivity index (χ1) is 9.52. The number of nitrogens with two attached hydrogens (primary N) is 1. The topological polar surface area (TPSA) is 93.2 Å². The van der Waals surface area contributed by atoms with E-state index in [2.05, 4.69) is 26.7 Å². The zero-order valence-electron chi connectivity index (χ0n) is 10.1. The van der Waals surface area contributed by atoms with E-state index >= 15 is 0 Å². The van der Waals surface area contributed by atoms with Crippen LogP contribution in [0.2, 0.25) is 5.02 Å². The van der Waals surface area contributed by atoms with Gasteiger partial charge in [-0.3, -0.25) is 16.0 Å². The highest BCUT2D eigenvalue weighted by molar-refractivity contribution is 9.10. The van der Waals surface area contributed by atoms with Gasteiger partial charge in [-0.1, -0.05) is 17.7 Å². The van der Waals surface area contributed by atoms with Crippen molar-refractivity contribution < 1.29 is 4.92 Å². The maximum Gasteiger partial charge on any atom is 0.316 e. The van der Waals surface area contributed by atoms with Gasteiger partial charge < -0.3 is 10.7 Å². The van der Waals surface area contributed by atoms with Crippen molar-refractivity contribution in [1.29, 1.82) is 0 Å². The third-order valence-corrected chi connectivity index (χ3v) is 3.79. The average Bonchev–Trinajstić information content (AvgIpc) is 2.42. The quantitative estimate of drug-likeness (QED) is 0.436. The Morgan fingerprint density at radius 3 is 2.55 bits per heavy atom. The highest BCUT2D eigenvalue weighted by atomic mass is 79.9. The summed E-state index contributed by atoms with van der Waals surface area (Å²) in [5.41, 5.74) is 3.42. The zero-order chi connectivity index (χ0) is 14.7. The van der Waals surface area contributed by atoms with Crippen LogP contribution in [0.3, 0.4) is 0 Å². The fraction of sp³-hybridized carbons (Fsp3) is 0. The van der Waals surface area contributed by atoms with Crippen LogP contribution in [0.4, 0.5) is 22.7 Å². The van der Waals surface area contributed by atoms with Crippen molar-refractivity contribution in [2.24, 2.45) is 5.84 Å². The molecule has 0 saturated carbocycles. The summed E-state index contributed by atoms with van der Waals surface area (Å²) < 4.78 is 0.694. The predicted molar refractivity (Wildman–Crippen MR) is 83.3 cm³/mol. The second-order valence-electron chi connectivity index (χ2n) is 3.86. The Labute approximate surface area is 128 Å². The molecule has 0 spiro atoms. The Kier molecular flexibility index (Phi) is 4.43. The van der Waals surface area contributed by atoms with Crippen LogP contribution >= 0.6 is 27.5 Å². The SMILES string of the molecule is NNc1cccc(Nc2ccc(Cl)c(Br)c2)c1[N+](=O)[O-]. The van der Waals surface area contributed by atoms with E-state index in [1.165, 1.54) is 6.07 Å². The number of nitro groups is 1. The maximum absolute atomic E-state index is 11.2. The van der Waals surface area contributed by atoms with E-state index in [9.17, 15) is 10.1 Å². The highest BCUT2D eigenvalue weighted by Gasteiger charge is 2.19. The molecule has 2 aromatic rings. The molecule has 6 nitrogen and oxygen atoms in total. The molecule has 0 atom stereocenters. The van der Waals surface area contributed by atoms with E-state index in [0.717, 1.165) is 0 Å². The maximum atomic E-state index is 11.2. The van der Waals surface area contributed by atoms with Crippen molar-refractivity contribution in [2.45, 2.75) is 0 Å². The minimum atomic E-state index is -0.498. The molecule has 8 heteroatoms. The molecule has 0 aliphatic heterocycles. The van der Waals surface area contributed by atoms with E-state index in [1.54, 1.807) is 30.3 Å². The minimum absolute atomic E-state index is 0.124. The van der Waals surface area contributed by atoms with Crippen LogP contribution < -0.4 is 16.6 Å². The van der Waals surface area contributed by atoms with Crippen molar-refractivity contribution in [3.63, 3.8) is 0 Å². The molecule has 0 aromatic heterocycles. The van der Waals surface area contributed by atoms with Crippen molar-refractivity contribution in [1.82, 2.24) is 0 Å². The van der Waals surface area contributed by atoms with E-state index < -0.39 is 4.92 Å². The Morgan fingerprint density at radius 1 is 1.25 bits per heavy atom. The number of halogens is 2. The van der Waals surface area contributed by atoms with E-state index in [0.29, 0.717) is 20.9 Å². The molecule has 0 saturated heterocycles. The Balaban J connectivity index is 2.42. The lowest BCUT2D eigenvalue weighted by Gasteiger charge is -2.10. The van der Waals surface area contributed by atoms with Crippen molar-refractivity contribution >= 4 is 50.3 Å². The summed E-state index contributed by atoms with van der Waals surface area (Å²) in [6.45, 7) is 0. The number of rotatable bonds is 4. The molecule has 20 heavy (non-hydrogen) atoms. The zero-order valence-corrected chi connectivity index (χ0v) is 12.4. The number of nitro benzene ring substituents is 1. The fourth-order valence-corrected chi connectivity index (χ4v) is 2.18. The highest BCUT2D eigenvalue weighted by Crippen LogP contribution is 2.35. The van der Waals surface area contributed by atoms with Gasteiger partial charge in [0.2, 0.25) is 0 Å². The Morgan fingerprint density at radius 2 is 1.95 bits per heavy atom. The molecule has 0 bridgehead atoms. The van der Waals surface area contributed by atoms with Crippen LogP contribution in [-0.2, 0) is 0 Å². The monoisotopic (exact) mass is 356 g/mol.